The minimum Gasteiger partial charge on any atom is -0.481 e. The number of aliphatic imine (C=N–C) groups is 1. The molecule has 3 aromatic rings. The van der Waals surface area contributed by atoms with Crippen LogP contribution >= 0.6 is 27.7 Å². The number of benzene rings is 2. The molecule has 214 valence electrons. The maximum atomic E-state index is 15.6. The molecule has 0 saturated heterocycles. The van der Waals surface area contributed by atoms with Gasteiger partial charge in [0.1, 0.15) is 17.2 Å². The first-order valence-corrected chi connectivity index (χ1v) is 14.9. The van der Waals surface area contributed by atoms with Gasteiger partial charge in [0, 0.05) is 51.5 Å². The van der Waals surface area contributed by atoms with Gasteiger partial charge in [-0.05, 0) is 54.8 Å². The van der Waals surface area contributed by atoms with Gasteiger partial charge in [-0.2, -0.15) is 0 Å². The van der Waals surface area contributed by atoms with E-state index in [0.29, 0.717) is 23.6 Å². The van der Waals surface area contributed by atoms with Gasteiger partial charge in [0.2, 0.25) is 5.88 Å². The average Bonchev–Trinajstić information content (AvgIpc) is 2.92. The Morgan fingerprint density at radius 1 is 1.12 bits per heavy atom. The Balaban J connectivity index is 1.72. The Labute approximate surface area is 250 Å². The summed E-state index contributed by atoms with van der Waals surface area (Å²) in [6.07, 6.45) is 2.35. The lowest BCUT2D eigenvalue weighted by Crippen LogP contribution is -2.48. The molecule has 2 aliphatic rings. The van der Waals surface area contributed by atoms with E-state index in [2.05, 4.69) is 20.9 Å². The third-order valence-corrected chi connectivity index (χ3v) is 9.20. The Morgan fingerprint density at radius 2 is 1.85 bits per heavy atom. The molecule has 1 unspecified atom stereocenters. The van der Waals surface area contributed by atoms with E-state index >= 15 is 4.39 Å². The van der Waals surface area contributed by atoms with E-state index in [1.54, 1.807) is 57.3 Å². The summed E-state index contributed by atoms with van der Waals surface area (Å²) in [6.45, 7) is 5.18. The van der Waals surface area contributed by atoms with Gasteiger partial charge in [-0.25, -0.2) is 13.8 Å². The molecule has 1 aromatic heterocycles. The second-order valence-electron chi connectivity index (χ2n) is 11.2. The van der Waals surface area contributed by atoms with Crippen LogP contribution in [0.5, 0.6) is 5.88 Å². The summed E-state index contributed by atoms with van der Waals surface area (Å²) < 4.78 is 41.8. The fraction of sp³-hybridized carbons (Fsp3) is 0.355. The highest BCUT2D eigenvalue weighted by molar-refractivity contribution is 9.10. The van der Waals surface area contributed by atoms with Gasteiger partial charge >= 0.3 is 5.97 Å². The minimum absolute atomic E-state index is 0.176. The Morgan fingerprint density at radius 3 is 2.51 bits per heavy atom. The van der Waals surface area contributed by atoms with Crippen molar-refractivity contribution >= 4 is 44.5 Å². The van der Waals surface area contributed by atoms with Gasteiger partial charge in [-0.3, -0.25) is 14.6 Å². The zero-order valence-electron chi connectivity index (χ0n) is 23.0. The monoisotopic (exact) mass is 642 g/mol. The predicted molar refractivity (Wildman–Crippen MR) is 157 cm³/mol. The second-order valence-corrected chi connectivity index (χ2v) is 13.1. The van der Waals surface area contributed by atoms with Crippen molar-refractivity contribution in [2.24, 2.45) is 16.8 Å². The SMILES string of the molecule is COc1ncc(Br)c2c1C[C@]1(c3ccc(F)cc3F)N=C(C(C(=O)OC(C)(C)C)C(=O)c3ccccc3)SC[C@@H]1C2. The van der Waals surface area contributed by atoms with Gasteiger partial charge in [0.25, 0.3) is 0 Å². The number of pyridine rings is 1. The summed E-state index contributed by atoms with van der Waals surface area (Å²) >= 11 is 4.89. The number of thioether (sulfide) groups is 1. The number of halogens is 3. The number of hydrogen-bond acceptors (Lipinski definition) is 7. The highest BCUT2D eigenvalue weighted by Gasteiger charge is 2.51. The molecule has 0 N–H and O–H groups in total. The minimum atomic E-state index is -1.35. The molecule has 1 aliphatic heterocycles. The molecule has 3 atom stereocenters. The molecule has 2 aromatic carbocycles. The number of nitrogens with zero attached hydrogens (tertiary/aromatic N) is 2. The van der Waals surface area contributed by atoms with Crippen LogP contribution in [0.15, 0.2) is 64.2 Å². The van der Waals surface area contributed by atoms with E-state index in [4.69, 9.17) is 14.5 Å². The van der Waals surface area contributed by atoms with Gasteiger partial charge in [-0.15, -0.1) is 11.8 Å². The topological polar surface area (TPSA) is 77.8 Å². The van der Waals surface area contributed by atoms with Crippen LogP contribution in [0, 0.1) is 23.5 Å². The molecule has 0 amide bonds. The van der Waals surface area contributed by atoms with Crippen molar-refractivity contribution in [3.63, 3.8) is 0 Å². The molecule has 10 heteroatoms. The number of carbonyl (C=O) groups excluding carboxylic acids is 2. The van der Waals surface area contributed by atoms with Crippen molar-refractivity contribution < 1.29 is 27.8 Å². The fourth-order valence-electron chi connectivity index (χ4n) is 5.51. The van der Waals surface area contributed by atoms with Crippen LogP contribution in [-0.2, 0) is 27.9 Å². The number of aromatic nitrogens is 1. The molecule has 0 saturated carbocycles. The number of methoxy groups -OCH3 is 1. The molecule has 0 fully saturated rings. The van der Waals surface area contributed by atoms with Crippen LogP contribution in [0.4, 0.5) is 8.78 Å². The maximum Gasteiger partial charge on any atom is 0.324 e. The Bertz CT molecular complexity index is 1540. The van der Waals surface area contributed by atoms with E-state index < -0.39 is 40.4 Å². The lowest BCUT2D eigenvalue weighted by Gasteiger charge is -2.46. The van der Waals surface area contributed by atoms with Crippen LogP contribution in [0.25, 0.3) is 0 Å². The zero-order valence-corrected chi connectivity index (χ0v) is 25.4. The molecular weight excluding hydrogens is 614 g/mol. The molecular formula is C31H29BrF2N2O4S. The van der Waals surface area contributed by atoms with Gasteiger partial charge < -0.3 is 9.47 Å². The Hall–Kier alpha value is -3.11. The van der Waals surface area contributed by atoms with Gasteiger partial charge in [0.05, 0.1) is 17.7 Å². The lowest BCUT2D eigenvalue weighted by molar-refractivity contribution is -0.155. The number of esters is 1. The second kappa shape index (κ2) is 11.3. The van der Waals surface area contributed by atoms with Crippen molar-refractivity contribution in [2.75, 3.05) is 12.9 Å². The van der Waals surface area contributed by atoms with Crippen molar-refractivity contribution in [3.8, 4) is 5.88 Å². The predicted octanol–water partition coefficient (Wildman–Crippen LogP) is 6.73. The summed E-state index contributed by atoms with van der Waals surface area (Å²) in [5, 5.41) is 0.235. The van der Waals surface area contributed by atoms with E-state index in [1.165, 1.54) is 31.0 Å². The van der Waals surface area contributed by atoms with Gasteiger partial charge in [-0.1, -0.05) is 36.4 Å². The standard InChI is InChI=1S/C31H29BrF2N2O4S/c1-30(2,3)40-29(38)25(26(37)17-8-6-5-7-9-17)28-36-31(22-11-10-19(33)13-24(22)34)14-21-20(12-18(31)16-41-28)23(32)15-35-27(21)39-4/h5-11,13,15,18,25H,12,14,16H2,1-4H3/t18-,25?,31-/m0/s1. The van der Waals surface area contributed by atoms with E-state index in [1.807, 2.05) is 0 Å². The van der Waals surface area contributed by atoms with E-state index in [0.717, 1.165) is 21.7 Å². The third-order valence-electron chi connectivity index (χ3n) is 7.32. The van der Waals surface area contributed by atoms with Crippen LogP contribution in [-0.4, -0.2) is 40.2 Å². The summed E-state index contributed by atoms with van der Waals surface area (Å²) in [6, 6.07) is 11.9. The summed E-state index contributed by atoms with van der Waals surface area (Å²) in [5.74, 6) is -3.43. The number of rotatable bonds is 6. The number of fused-ring (bicyclic) bond motifs is 2. The molecule has 6 nitrogen and oxygen atoms in total. The van der Waals surface area contributed by atoms with E-state index in [-0.39, 0.29) is 22.9 Å². The fourth-order valence-corrected chi connectivity index (χ4v) is 7.37. The maximum absolute atomic E-state index is 15.6. The number of hydrogen-bond donors (Lipinski definition) is 0. The van der Waals surface area contributed by atoms with Crippen molar-refractivity contribution in [2.45, 2.75) is 44.8 Å². The van der Waals surface area contributed by atoms with Crippen LogP contribution in [0.1, 0.15) is 47.8 Å². The smallest absolute Gasteiger partial charge is 0.324 e. The number of carbonyl (C=O) groups is 2. The van der Waals surface area contributed by atoms with E-state index in [9.17, 15) is 14.0 Å². The first kappa shape index (κ1) is 29.4. The molecule has 2 heterocycles. The molecule has 1 aliphatic carbocycles. The zero-order chi connectivity index (χ0) is 29.5. The largest absolute Gasteiger partial charge is 0.481 e. The number of ether oxygens (including phenoxy) is 2. The van der Waals surface area contributed by atoms with Crippen LogP contribution in [0.3, 0.4) is 0 Å². The van der Waals surface area contributed by atoms with Crippen molar-refractivity contribution in [3.05, 3.63) is 93.1 Å². The summed E-state index contributed by atoms with van der Waals surface area (Å²) in [7, 11) is 1.51. The Kier molecular flexibility index (Phi) is 8.09. The van der Waals surface area contributed by atoms with Crippen molar-refractivity contribution in [1.29, 1.82) is 0 Å². The third kappa shape index (κ3) is 5.68. The highest BCUT2D eigenvalue weighted by atomic mass is 79.9. The number of Topliss-reactive ketones (excluding diaryl/α,β-unsaturated/α-hetero) is 1. The van der Waals surface area contributed by atoms with Crippen LogP contribution in [0.2, 0.25) is 0 Å². The molecule has 5 rings (SSSR count). The summed E-state index contributed by atoms with van der Waals surface area (Å²) in [4.78, 5) is 37.0. The first-order valence-electron chi connectivity index (χ1n) is 13.1. The highest BCUT2D eigenvalue weighted by Crippen LogP contribution is 2.52. The molecule has 0 bridgehead atoms. The summed E-state index contributed by atoms with van der Waals surface area (Å²) in [5.41, 5.74) is 0.121. The van der Waals surface area contributed by atoms with Crippen molar-refractivity contribution in [1.82, 2.24) is 4.98 Å². The molecule has 0 radical (unpaired) electrons. The average molecular weight is 644 g/mol. The van der Waals surface area contributed by atoms with Crippen LogP contribution < -0.4 is 4.74 Å². The number of ketones is 1. The lowest BCUT2D eigenvalue weighted by atomic mass is 9.67. The molecule has 0 spiro atoms. The first-order chi connectivity index (χ1) is 19.4. The molecule has 41 heavy (non-hydrogen) atoms. The van der Waals surface area contributed by atoms with Gasteiger partial charge in [0.15, 0.2) is 11.7 Å². The normalized spacial score (nSPS) is 20.8. The quantitative estimate of drug-likeness (QED) is 0.169.